The van der Waals surface area contributed by atoms with E-state index in [4.69, 9.17) is 0 Å². The van der Waals surface area contributed by atoms with Gasteiger partial charge in [0.25, 0.3) is 0 Å². The summed E-state index contributed by atoms with van der Waals surface area (Å²) in [6.45, 7) is 7.85. The average molecular weight is 251 g/mol. The van der Waals surface area contributed by atoms with Crippen molar-refractivity contribution in [1.82, 2.24) is 15.2 Å². The molecule has 2 N–H and O–H groups in total. The molecule has 0 aliphatic carbocycles. The van der Waals surface area contributed by atoms with E-state index in [0.717, 1.165) is 17.9 Å². The molecule has 0 aromatic carbocycles. The van der Waals surface area contributed by atoms with Gasteiger partial charge in [-0.2, -0.15) is 0 Å². The van der Waals surface area contributed by atoms with Crippen molar-refractivity contribution in [2.24, 2.45) is 5.92 Å². The minimum absolute atomic E-state index is 0.263. The molecule has 1 atom stereocenters. The van der Waals surface area contributed by atoms with Crippen molar-refractivity contribution < 1.29 is 5.11 Å². The highest BCUT2D eigenvalue weighted by atomic mass is 16.3. The summed E-state index contributed by atoms with van der Waals surface area (Å²) in [6, 6.07) is 4.00. The molecule has 1 rings (SSSR count). The zero-order valence-corrected chi connectivity index (χ0v) is 12.1. The molecule has 0 aliphatic rings. The van der Waals surface area contributed by atoms with Crippen molar-refractivity contribution >= 4 is 0 Å². The molecule has 0 spiro atoms. The van der Waals surface area contributed by atoms with E-state index in [1.807, 2.05) is 13.0 Å². The van der Waals surface area contributed by atoms with E-state index in [2.05, 4.69) is 43.1 Å². The number of rotatable bonds is 6. The van der Waals surface area contributed by atoms with Crippen molar-refractivity contribution in [1.29, 1.82) is 0 Å². The Morgan fingerprint density at radius 2 is 2.00 bits per heavy atom. The van der Waals surface area contributed by atoms with Gasteiger partial charge in [0, 0.05) is 24.8 Å². The topological polar surface area (TPSA) is 48.4 Å². The molecule has 0 bridgehead atoms. The molecular weight excluding hydrogens is 226 g/mol. The SMILES string of the molecule is Cc1ccc(O)c(CNCC(C(C)C)N(C)C)n1. The van der Waals surface area contributed by atoms with Crippen LogP contribution in [0, 0.1) is 12.8 Å². The second-order valence-corrected chi connectivity index (χ2v) is 5.32. The molecular formula is C14H25N3O. The van der Waals surface area contributed by atoms with Crippen molar-refractivity contribution in [3.8, 4) is 5.75 Å². The van der Waals surface area contributed by atoms with Crippen LogP contribution in [0.4, 0.5) is 0 Å². The van der Waals surface area contributed by atoms with Crippen molar-refractivity contribution in [2.45, 2.75) is 33.4 Å². The Hall–Kier alpha value is -1.13. The molecule has 4 heteroatoms. The standard InChI is InChI=1S/C14H25N3O/c1-10(2)13(17(4)5)9-15-8-12-14(18)7-6-11(3)16-12/h6-7,10,13,15,18H,8-9H2,1-5H3. The predicted octanol–water partition coefficient (Wildman–Crippen LogP) is 1.77. The number of pyridine rings is 1. The molecule has 0 saturated carbocycles. The highest BCUT2D eigenvalue weighted by Gasteiger charge is 2.15. The zero-order chi connectivity index (χ0) is 13.7. The van der Waals surface area contributed by atoms with Crippen molar-refractivity contribution in [3.05, 3.63) is 23.5 Å². The van der Waals surface area contributed by atoms with Gasteiger partial charge in [0.2, 0.25) is 0 Å². The van der Waals surface area contributed by atoms with Crippen LogP contribution in [0.3, 0.4) is 0 Å². The van der Waals surface area contributed by atoms with Crippen LogP contribution in [-0.4, -0.2) is 41.7 Å². The molecule has 18 heavy (non-hydrogen) atoms. The van der Waals surface area contributed by atoms with Crippen LogP contribution in [0.5, 0.6) is 5.75 Å². The Morgan fingerprint density at radius 1 is 1.33 bits per heavy atom. The maximum Gasteiger partial charge on any atom is 0.138 e. The van der Waals surface area contributed by atoms with E-state index in [9.17, 15) is 5.11 Å². The minimum Gasteiger partial charge on any atom is -0.506 e. The second kappa shape index (κ2) is 6.71. The Balaban J connectivity index is 2.52. The molecule has 0 aliphatic heterocycles. The van der Waals surface area contributed by atoms with Crippen LogP contribution >= 0.6 is 0 Å². The number of aromatic hydroxyl groups is 1. The fourth-order valence-corrected chi connectivity index (χ4v) is 2.09. The van der Waals surface area contributed by atoms with E-state index >= 15 is 0 Å². The lowest BCUT2D eigenvalue weighted by atomic mass is 10.0. The first-order chi connectivity index (χ1) is 8.41. The van der Waals surface area contributed by atoms with Gasteiger partial charge in [-0.05, 0) is 39.1 Å². The number of nitrogens with zero attached hydrogens (tertiary/aromatic N) is 2. The monoisotopic (exact) mass is 251 g/mol. The highest BCUT2D eigenvalue weighted by molar-refractivity contribution is 5.27. The number of nitrogens with one attached hydrogen (secondary N) is 1. The third kappa shape index (κ3) is 4.27. The van der Waals surface area contributed by atoms with Gasteiger partial charge >= 0.3 is 0 Å². The summed E-state index contributed by atoms with van der Waals surface area (Å²) in [4.78, 5) is 6.56. The first-order valence-electron chi connectivity index (χ1n) is 6.44. The van der Waals surface area contributed by atoms with Gasteiger partial charge in [-0.15, -0.1) is 0 Å². The second-order valence-electron chi connectivity index (χ2n) is 5.32. The molecule has 0 saturated heterocycles. The Bertz CT molecular complexity index is 369. The lowest BCUT2D eigenvalue weighted by Gasteiger charge is -2.28. The molecule has 1 unspecified atom stereocenters. The normalized spacial score (nSPS) is 13.3. The largest absolute Gasteiger partial charge is 0.506 e. The predicted molar refractivity (Wildman–Crippen MR) is 74.7 cm³/mol. The van der Waals surface area contributed by atoms with Crippen LogP contribution in [0.25, 0.3) is 0 Å². The van der Waals surface area contributed by atoms with Gasteiger partial charge in [-0.1, -0.05) is 13.8 Å². The summed E-state index contributed by atoms with van der Waals surface area (Å²) in [5, 5.41) is 13.1. The maximum atomic E-state index is 9.71. The number of hydrogen-bond acceptors (Lipinski definition) is 4. The Morgan fingerprint density at radius 3 is 2.56 bits per heavy atom. The van der Waals surface area contributed by atoms with Crippen LogP contribution in [0.2, 0.25) is 0 Å². The number of likely N-dealkylation sites (N-methyl/N-ethyl adjacent to an activating group) is 1. The molecule has 1 aromatic rings. The van der Waals surface area contributed by atoms with Gasteiger partial charge in [0.05, 0.1) is 5.69 Å². The van der Waals surface area contributed by atoms with Crippen molar-refractivity contribution in [2.75, 3.05) is 20.6 Å². The molecule has 0 amide bonds. The van der Waals surface area contributed by atoms with E-state index in [0.29, 0.717) is 18.5 Å². The summed E-state index contributed by atoms with van der Waals surface area (Å²) < 4.78 is 0. The quantitative estimate of drug-likeness (QED) is 0.809. The Labute approximate surface area is 110 Å². The third-order valence-electron chi connectivity index (χ3n) is 3.17. The van der Waals surface area contributed by atoms with Gasteiger partial charge < -0.3 is 15.3 Å². The van der Waals surface area contributed by atoms with Gasteiger partial charge in [0.1, 0.15) is 5.75 Å². The van der Waals surface area contributed by atoms with Crippen molar-refractivity contribution in [3.63, 3.8) is 0 Å². The molecule has 0 radical (unpaired) electrons. The lowest BCUT2D eigenvalue weighted by Crippen LogP contribution is -2.41. The first kappa shape index (κ1) is 14.9. The smallest absolute Gasteiger partial charge is 0.138 e. The average Bonchev–Trinajstić information content (AvgIpc) is 2.27. The Kier molecular flexibility index (Phi) is 5.56. The summed E-state index contributed by atoms with van der Waals surface area (Å²) in [5.74, 6) is 0.852. The maximum absolute atomic E-state index is 9.71. The minimum atomic E-state index is 0.263. The zero-order valence-electron chi connectivity index (χ0n) is 12.1. The number of aromatic nitrogens is 1. The van der Waals surface area contributed by atoms with E-state index in [1.54, 1.807) is 6.07 Å². The van der Waals surface area contributed by atoms with Crippen LogP contribution in [-0.2, 0) is 6.54 Å². The summed E-state index contributed by atoms with van der Waals surface area (Å²) in [7, 11) is 4.18. The lowest BCUT2D eigenvalue weighted by molar-refractivity contribution is 0.224. The first-order valence-corrected chi connectivity index (χ1v) is 6.44. The molecule has 102 valence electrons. The summed E-state index contributed by atoms with van der Waals surface area (Å²) in [5.41, 5.74) is 1.65. The van der Waals surface area contributed by atoms with E-state index in [-0.39, 0.29) is 5.75 Å². The molecule has 1 aromatic heterocycles. The van der Waals surface area contributed by atoms with E-state index < -0.39 is 0 Å². The summed E-state index contributed by atoms with van der Waals surface area (Å²) >= 11 is 0. The molecule has 4 nitrogen and oxygen atoms in total. The van der Waals surface area contributed by atoms with Crippen LogP contribution in [0.1, 0.15) is 25.2 Å². The molecule has 0 fully saturated rings. The summed E-state index contributed by atoms with van der Waals surface area (Å²) in [6.07, 6.45) is 0. The third-order valence-corrected chi connectivity index (χ3v) is 3.17. The number of hydrogen-bond donors (Lipinski definition) is 2. The number of aryl methyl sites for hydroxylation is 1. The fraction of sp³-hybridized carbons (Fsp3) is 0.643. The van der Waals surface area contributed by atoms with Crippen LogP contribution < -0.4 is 5.32 Å². The highest BCUT2D eigenvalue weighted by Crippen LogP contribution is 2.14. The van der Waals surface area contributed by atoms with Gasteiger partial charge in [-0.25, -0.2) is 0 Å². The molecule has 1 heterocycles. The van der Waals surface area contributed by atoms with Gasteiger partial charge in [0.15, 0.2) is 0 Å². The van der Waals surface area contributed by atoms with E-state index in [1.165, 1.54) is 0 Å². The fourth-order valence-electron chi connectivity index (χ4n) is 2.09. The van der Waals surface area contributed by atoms with Crippen LogP contribution in [0.15, 0.2) is 12.1 Å². The van der Waals surface area contributed by atoms with Gasteiger partial charge in [-0.3, -0.25) is 4.98 Å².